The molecule has 0 unspecified atom stereocenters. The fourth-order valence-corrected chi connectivity index (χ4v) is 3.44. The van der Waals surface area contributed by atoms with Crippen molar-refractivity contribution in [2.45, 2.75) is 20.3 Å². The number of carbonyl (C=O) groups excluding carboxylic acids is 1. The van der Waals surface area contributed by atoms with Gasteiger partial charge in [-0.2, -0.15) is 0 Å². The summed E-state index contributed by atoms with van der Waals surface area (Å²) in [6.45, 7) is 4.89. The molecule has 0 bridgehead atoms. The van der Waals surface area contributed by atoms with Crippen LogP contribution in [0.3, 0.4) is 0 Å². The first kappa shape index (κ1) is 16.3. The van der Waals surface area contributed by atoms with Crippen LogP contribution in [0.5, 0.6) is 0 Å². The Balaban J connectivity index is 1.63. The van der Waals surface area contributed by atoms with E-state index in [-0.39, 0.29) is 5.91 Å². The highest BCUT2D eigenvalue weighted by molar-refractivity contribution is 5.97. The van der Waals surface area contributed by atoms with Gasteiger partial charge in [0.2, 0.25) is 0 Å². The quantitative estimate of drug-likeness (QED) is 0.750. The Morgan fingerprint density at radius 1 is 1.04 bits per heavy atom. The lowest BCUT2D eigenvalue weighted by molar-refractivity contribution is 0.0946. The summed E-state index contributed by atoms with van der Waals surface area (Å²) >= 11 is 0. The molecule has 0 fully saturated rings. The van der Waals surface area contributed by atoms with E-state index in [4.69, 9.17) is 0 Å². The third-order valence-electron chi connectivity index (χ3n) is 4.59. The maximum atomic E-state index is 12.0. The number of benzene rings is 1. The summed E-state index contributed by atoms with van der Waals surface area (Å²) in [5.41, 5.74) is 8.30. The number of aromatic nitrogens is 2. The number of hydrogen-bond donors (Lipinski definition) is 2. The summed E-state index contributed by atoms with van der Waals surface area (Å²) in [6.07, 6.45) is 6.74. The van der Waals surface area contributed by atoms with E-state index in [2.05, 4.69) is 53.4 Å². The number of nitrogens with zero attached hydrogens (tertiary/aromatic N) is 1. The van der Waals surface area contributed by atoms with Gasteiger partial charge in [0.1, 0.15) is 0 Å². The van der Waals surface area contributed by atoms with Gasteiger partial charge in [0, 0.05) is 36.1 Å². The Morgan fingerprint density at radius 3 is 2.62 bits per heavy atom. The zero-order chi connectivity index (χ0) is 18.1. The van der Waals surface area contributed by atoms with Gasteiger partial charge in [0.25, 0.3) is 5.91 Å². The molecule has 1 aromatic carbocycles. The van der Waals surface area contributed by atoms with Gasteiger partial charge in [0.15, 0.2) is 0 Å². The lowest BCUT2D eigenvalue weighted by atomic mass is 10.1. The van der Waals surface area contributed by atoms with E-state index in [9.17, 15) is 4.79 Å². The summed E-state index contributed by atoms with van der Waals surface area (Å²) in [5.74, 6) is -0.00209. The van der Waals surface area contributed by atoms with Crippen LogP contribution in [0.4, 0.5) is 0 Å². The van der Waals surface area contributed by atoms with E-state index in [1.807, 2.05) is 24.3 Å². The molecular formula is C22H21N3O. The molecule has 130 valence electrons. The van der Waals surface area contributed by atoms with E-state index in [0.29, 0.717) is 6.54 Å². The number of nitrogens with one attached hydrogen (secondary N) is 2. The van der Waals surface area contributed by atoms with E-state index >= 15 is 0 Å². The number of hydrogen-bond acceptors (Lipinski definition) is 2. The zero-order valence-corrected chi connectivity index (χ0v) is 15.0. The third-order valence-corrected chi connectivity index (χ3v) is 4.59. The van der Waals surface area contributed by atoms with E-state index < -0.39 is 0 Å². The van der Waals surface area contributed by atoms with Crippen LogP contribution < -0.4 is 5.32 Å². The fraction of sp³-hybridized carbons (Fsp3) is 0.182. The molecule has 1 aliphatic heterocycles. The van der Waals surface area contributed by atoms with Crippen LogP contribution in [0.15, 0.2) is 42.6 Å². The number of H-pyrrole nitrogens is 1. The van der Waals surface area contributed by atoms with Crippen molar-refractivity contribution in [1.82, 2.24) is 15.3 Å². The van der Waals surface area contributed by atoms with Crippen LogP contribution >= 0.6 is 0 Å². The minimum Gasteiger partial charge on any atom is -0.358 e. The van der Waals surface area contributed by atoms with E-state index in [1.165, 1.54) is 16.7 Å². The topological polar surface area (TPSA) is 57.8 Å². The monoisotopic (exact) mass is 343 g/mol. The van der Waals surface area contributed by atoms with Crippen molar-refractivity contribution in [2.75, 3.05) is 6.54 Å². The summed E-state index contributed by atoms with van der Waals surface area (Å²) in [6, 6.07) is 12.4. The second-order valence-corrected chi connectivity index (χ2v) is 6.80. The van der Waals surface area contributed by atoms with Crippen molar-refractivity contribution in [3.05, 3.63) is 76.2 Å². The van der Waals surface area contributed by atoms with Crippen LogP contribution in [-0.2, 0) is 6.42 Å². The average Bonchev–Trinajstić information content (AvgIpc) is 3.05. The van der Waals surface area contributed by atoms with Crippen molar-refractivity contribution < 1.29 is 4.79 Å². The molecule has 1 amide bonds. The minimum atomic E-state index is -0.00209. The number of aromatic amines is 1. The molecule has 0 radical (unpaired) electrons. The van der Waals surface area contributed by atoms with Gasteiger partial charge >= 0.3 is 0 Å². The summed E-state index contributed by atoms with van der Waals surface area (Å²) < 4.78 is 0. The predicted molar refractivity (Wildman–Crippen MR) is 105 cm³/mol. The highest BCUT2D eigenvalue weighted by Gasteiger charge is 2.19. The Kier molecular flexibility index (Phi) is 4.17. The third kappa shape index (κ3) is 3.31. The Bertz CT molecular complexity index is 994. The van der Waals surface area contributed by atoms with Gasteiger partial charge in [-0.1, -0.05) is 35.4 Å². The average molecular weight is 343 g/mol. The number of amides is 1. The van der Waals surface area contributed by atoms with Crippen molar-refractivity contribution >= 4 is 18.1 Å². The second-order valence-electron chi connectivity index (χ2n) is 6.80. The maximum Gasteiger partial charge on any atom is 0.253 e. The number of fused-ring (bicyclic) bond motifs is 1. The molecule has 1 aliphatic rings. The lowest BCUT2D eigenvalue weighted by Gasteiger charge is -2.10. The number of carbonyl (C=O) groups is 1. The standard InChI is InChI=1S/C22H21N3O/c1-14-9-15(2)11-16(10-14)3-4-18-12-17(5-7-23-18)21-13-19-20(25-21)6-8-24-22(19)26/h3-5,7,9-13,25H,6,8H2,1-2H3,(H,24,26). The Labute approximate surface area is 153 Å². The van der Waals surface area contributed by atoms with E-state index in [0.717, 1.165) is 34.6 Å². The molecule has 2 aromatic heterocycles. The van der Waals surface area contributed by atoms with Gasteiger partial charge in [-0.25, -0.2) is 0 Å². The van der Waals surface area contributed by atoms with Crippen molar-refractivity contribution in [3.8, 4) is 11.3 Å². The van der Waals surface area contributed by atoms with Gasteiger partial charge in [0.05, 0.1) is 11.3 Å². The second kappa shape index (κ2) is 6.64. The van der Waals surface area contributed by atoms with Gasteiger partial charge in [-0.3, -0.25) is 9.78 Å². The molecule has 3 heterocycles. The molecule has 0 aliphatic carbocycles. The molecule has 0 spiro atoms. The number of pyridine rings is 1. The smallest absolute Gasteiger partial charge is 0.253 e. The van der Waals surface area contributed by atoms with Gasteiger partial charge < -0.3 is 10.3 Å². The molecule has 4 rings (SSSR count). The SMILES string of the molecule is Cc1cc(C)cc(C=Cc2cc(-c3cc4c([nH]3)CCNC4=O)ccn2)c1. The van der Waals surface area contributed by atoms with Crippen molar-refractivity contribution in [2.24, 2.45) is 0 Å². The molecular weight excluding hydrogens is 322 g/mol. The van der Waals surface area contributed by atoms with Crippen LogP contribution in [0, 0.1) is 13.8 Å². The first-order chi connectivity index (χ1) is 12.6. The van der Waals surface area contributed by atoms with Gasteiger partial charge in [-0.05, 0) is 43.7 Å². The largest absolute Gasteiger partial charge is 0.358 e. The predicted octanol–water partition coefficient (Wildman–Crippen LogP) is 4.15. The number of aryl methyl sites for hydroxylation is 2. The Morgan fingerprint density at radius 2 is 1.85 bits per heavy atom. The number of rotatable bonds is 3. The van der Waals surface area contributed by atoms with Crippen molar-refractivity contribution in [3.63, 3.8) is 0 Å². The normalized spacial score (nSPS) is 13.7. The molecule has 0 atom stereocenters. The highest BCUT2D eigenvalue weighted by atomic mass is 16.1. The van der Waals surface area contributed by atoms with Crippen molar-refractivity contribution in [1.29, 1.82) is 0 Å². The summed E-state index contributed by atoms with van der Waals surface area (Å²) in [7, 11) is 0. The molecule has 3 aromatic rings. The van der Waals surface area contributed by atoms with E-state index in [1.54, 1.807) is 6.20 Å². The molecule has 4 nitrogen and oxygen atoms in total. The summed E-state index contributed by atoms with van der Waals surface area (Å²) in [5, 5.41) is 2.88. The minimum absolute atomic E-state index is 0.00209. The first-order valence-corrected chi connectivity index (χ1v) is 8.81. The molecule has 2 N–H and O–H groups in total. The first-order valence-electron chi connectivity index (χ1n) is 8.81. The molecule has 0 saturated carbocycles. The van der Waals surface area contributed by atoms with Gasteiger partial charge in [-0.15, -0.1) is 0 Å². The summed E-state index contributed by atoms with van der Waals surface area (Å²) in [4.78, 5) is 19.8. The molecule has 0 saturated heterocycles. The van der Waals surface area contributed by atoms with Crippen LogP contribution in [-0.4, -0.2) is 22.4 Å². The maximum absolute atomic E-state index is 12.0. The molecule has 26 heavy (non-hydrogen) atoms. The Hall–Kier alpha value is -3.14. The van der Waals surface area contributed by atoms with Crippen LogP contribution in [0.25, 0.3) is 23.4 Å². The molecule has 4 heteroatoms. The van der Waals surface area contributed by atoms with Crippen LogP contribution in [0.1, 0.15) is 38.4 Å². The highest BCUT2D eigenvalue weighted by Crippen LogP contribution is 2.24. The van der Waals surface area contributed by atoms with Crippen LogP contribution in [0.2, 0.25) is 0 Å². The lowest BCUT2D eigenvalue weighted by Crippen LogP contribution is -2.31. The fourth-order valence-electron chi connectivity index (χ4n) is 3.44. The zero-order valence-electron chi connectivity index (χ0n) is 15.0.